The fourth-order valence-electron chi connectivity index (χ4n) is 2.05. The molecule has 2 aromatic heterocycles. The molecule has 0 spiro atoms. The van der Waals surface area contributed by atoms with Crippen molar-refractivity contribution in [2.75, 3.05) is 6.54 Å². The lowest BCUT2D eigenvalue weighted by Gasteiger charge is -2.16. The summed E-state index contributed by atoms with van der Waals surface area (Å²) in [5.41, 5.74) is 1.34. The van der Waals surface area contributed by atoms with Crippen LogP contribution in [0.1, 0.15) is 37.7 Å². The third-order valence-electron chi connectivity index (χ3n) is 2.91. The molecule has 1 N–H and O–H groups in total. The van der Waals surface area contributed by atoms with Gasteiger partial charge in [-0.2, -0.15) is 16.4 Å². The molecule has 0 fully saturated rings. The van der Waals surface area contributed by atoms with Gasteiger partial charge >= 0.3 is 0 Å². The van der Waals surface area contributed by atoms with Crippen LogP contribution in [0.25, 0.3) is 0 Å². The van der Waals surface area contributed by atoms with Gasteiger partial charge in [0.15, 0.2) is 0 Å². The van der Waals surface area contributed by atoms with E-state index in [0.29, 0.717) is 6.04 Å². The van der Waals surface area contributed by atoms with Crippen molar-refractivity contribution in [2.24, 2.45) is 0 Å². The van der Waals surface area contributed by atoms with Gasteiger partial charge in [-0.15, -0.1) is 0 Å². The SMILES string of the molecule is CCCn1ncnc1CC(NCC)c1ccsc1. The smallest absolute Gasteiger partial charge is 0.138 e. The lowest BCUT2D eigenvalue weighted by Crippen LogP contribution is -2.24. The topological polar surface area (TPSA) is 42.7 Å². The lowest BCUT2D eigenvalue weighted by molar-refractivity contribution is 0.499. The van der Waals surface area contributed by atoms with Gasteiger partial charge in [0.05, 0.1) is 0 Å². The highest BCUT2D eigenvalue weighted by atomic mass is 32.1. The maximum atomic E-state index is 4.38. The Labute approximate surface area is 112 Å². The highest BCUT2D eigenvalue weighted by molar-refractivity contribution is 7.07. The normalized spacial score (nSPS) is 12.8. The summed E-state index contributed by atoms with van der Waals surface area (Å²) in [6.45, 7) is 6.20. The average molecular weight is 264 g/mol. The minimum atomic E-state index is 0.334. The summed E-state index contributed by atoms with van der Waals surface area (Å²) >= 11 is 1.74. The largest absolute Gasteiger partial charge is 0.310 e. The number of hydrogen-bond donors (Lipinski definition) is 1. The Morgan fingerprint density at radius 1 is 1.44 bits per heavy atom. The van der Waals surface area contributed by atoms with Gasteiger partial charge in [-0.25, -0.2) is 4.98 Å². The summed E-state index contributed by atoms with van der Waals surface area (Å²) in [5, 5.41) is 12.1. The number of thiophene rings is 1. The minimum Gasteiger partial charge on any atom is -0.310 e. The molecule has 18 heavy (non-hydrogen) atoms. The van der Waals surface area contributed by atoms with E-state index in [9.17, 15) is 0 Å². The maximum absolute atomic E-state index is 4.38. The number of nitrogens with one attached hydrogen (secondary N) is 1. The number of hydrogen-bond acceptors (Lipinski definition) is 4. The van der Waals surface area contributed by atoms with Crippen LogP contribution in [0.5, 0.6) is 0 Å². The van der Waals surface area contributed by atoms with E-state index in [-0.39, 0.29) is 0 Å². The number of aryl methyl sites for hydroxylation is 1. The summed E-state index contributed by atoms with van der Waals surface area (Å²) in [4.78, 5) is 4.38. The fourth-order valence-corrected chi connectivity index (χ4v) is 2.77. The second-order valence-corrected chi connectivity index (χ2v) is 5.05. The molecule has 0 aromatic carbocycles. The molecular weight excluding hydrogens is 244 g/mol. The molecule has 4 nitrogen and oxygen atoms in total. The molecule has 2 rings (SSSR count). The zero-order valence-corrected chi connectivity index (χ0v) is 11.8. The molecule has 0 aliphatic rings. The third kappa shape index (κ3) is 3.17. The van der Waals surface area contributed by atoms with Crippen LogP contribution < -0.4 is 5.32 Å². The average Bonchev–Trinajstić information content (AvgIpc) is 3.01. The molecule has 0 aliphatic carbocycles. The maximum Gasteiger partial charge on any atom is 0.138 e. The van der Waals surface area contributed by atoms with E-state index in [0.717, 1.165) is 31.8 Å². The van der Waals surface area contributed by atoms with Crippen LogP contribution in [0.4, 0.5) is 0 Å². The molecule has 2 aromatic rings. The van der Waals surface area contributed by atoms with Crippen molar-refractivity contribution in [3.63, 3.8) is 0 Å². The van der Waals surface area contributed by atoms with Crippen LogP contribution in [0.15, 0.2) is 23.2 Å². The number of aromatic nitrogens is 3. The molecular formula is C13H20N4S. The molecule has 0 radical (unpaired) electrons. The highest BCUT2D eigenvalue weighted by Gasteiger charge is 2.15. The zero-order chi connectivity index (χ0) is 12.8. The van der Waals surface area contributed by atoms with Crippen LogP contribution in [-0.4, -0.2) is 21.3 Å². The van der Waals surface area contributed by atoms with Crippen molar-refractivity contribution in [2.45, 2.75) is 39.3 Å². The monoisotopic (exact) mass is 264 g/mol. The van der Waals surface area contributed by atoms with Gasteiger partial charge in [0.2, 0.25) is 0 Å². The molecule has 2 heterocycles. The van der Waals surface area contributed by atoms with Crippen molar-refractivity contribution in [1.29, 1.82) is 0 Å². The van der Waals surface area contributed by atoms with Gasteiger partial charge in [-0.3, -0.25) is 4.68 Å². The summed E-state index contributed by atoms with van der Waals surface area (Å²) in [7, 11) is 0. The summed E-state index contributed by atoms with van der Waals surface area (Å²) in [6, 6.07) is 2.51. The number of nitrogens with zero attached hydrogens (tertiary/aromatic N) is 3. The minimum absolute atomic E-state index is 0.334. The first-order valence-electron chi connectivity index (χ1n) is 6.47. The first-order chi connectivity index (χ1) is 8.85. The van der Waals surface area contributed by atoms with E-state index in [1.807, 2.05) is 4.68 Å². The highest BCUT2D eigenvalue weighted by Crippen LogP contribution is 2.20. The Kier molecular flexibility index (Phi) is 4.90. The summed E-state index contributed by atoms with van der Waals surface area (Å²) < 4.78 is 2.01. The van der Waals surface area contributed by atoms with E-state index in [4.69, 9.17) is 0 Å². The molecule has 0 aliphatic heterocycles. The standard InChI is InChI=1S/C13H20N4S/c1-3-6-17-13(15-10-16-17)8-12(14-4-2)11-5-7-18-9-11/h5,7,9-10,12,14H,3-4,6,8H2,1-2H3. The van der Waals surface area contributed by atoms with Gasteiger partial charge in [-0.1, -0.05) is 13.8 Å². The zero-order valence-electron chi connectivity index (χ0n) is 11.0. The Morgan fingerprint density at radius 2 is 2.33 bits per heavy atom. The van der Waals surface area contributed by atoms with Crippen LogP contribution in [0.2, 0.25) is 0 Å². The van der Waals surface area contributed by atoms with Gasteiger partial charge in [-0.05, 0) is 35.4 Å². The molecule has 98 valence electrons. The van der Waals surface area contributed by atoms with Crippen LogP contribution in [0, 0.1) is 0 Å². The fraction of sp³-hybridized carbons (Fsp3) is 0.538. The molecule has 0 bridgehead atoms. The predicted molar refractivity (Wildman–Crippen MR) is 74.8 cm³/mol. The van der Waals surface area contributed by atoms with Gasteiger partial charge in [0.25, 0.3) is 0 Å². The van der Waals surface area contributed by atoms with Crippen molar-refractivity contribution >= 4 is 11.3 Å². The van der Waals surface area contributed by atoms with Gasteiger partial charge in [0, 0.05) is 19.0 Å². The van der Waals surface area contributed by atoms with Crippen molar-refractivity contribution in [3.8, 4) is 0 Å². The van der Waals surface area contributed by atoms with E-state index in [2.05, 4.69) is 46.1 Å². The van der Waals surface area contributed by atoms with Gasteiger partial charge < -0.3 is 5.32 Å². The van der Waals surface area contributed by atoms with Crippen LogP contribution >= 0.6 is 11.3 Å². The second-order valence-electron chi connectivity index (χ2n) is 4.27. The van der Waals surface area contributed by atoms with E-state index < -0.39 is 0 Å². The van der Waals surface area contributed by atoms with E-state index in [1.54, 1.807) is 17.7 Å². The van der Waals surface area contributed by atoms with E-state index >= 15 is 0 Å². The van der Waals surface area contributed by atoms with Gasteiger partial charge in [0.1, 0.15) is 12.2 Å². The second kappa shape index (κ2) is 6.66. The van der Waals surface area contributed by atoms with Crippen molar-refractivity contribution in [1.82, 2.24) is 20.1 Å². The van der Waals surface area contributed by atoms with E-state index in [1.165, 1.54) is 5.56 Å². The van der Waals surface area contributed by atoms with Crippen molar-refractivity contribution in [3.05, 3.63) is 34.5 Å². The number of rotatable bonds is 7. The lowest BCUT2D eigenvalue weighted by atomic mass is 10.1. The Balaban J connectivity index is 2.11. The summed E-state index contributed by atoms with van der Waals surface area (Å²) in [5.74, 6) is 1.06. The van der Waals surface area contributed by atoms with Crippen molar-refractivity contribution < 1.29 is 0 Å². The molecule has 1 unspecified atom stereocenters. The predicted octanol–water partition coefficient (Wildman–Crippen LogP) is 2.64. The molecule has 0 amide bonds. The first kappa shape index (κ1) is 13.2. The molecule has 0 saturated carbocycles. The first-order valence-corrected chi connectivity index (χ1v) is 7.41. The van der Waals surface area contributed by atoms with Crippen LogP contribution in [0.3, 0.4) is 0 Å². The molecule has 1 atom stereocenters. The Hall–Kier alpha value is -1.20. The third-order valence-corrected chi connectivity index (χ3v) is 3.62. The number of likely N-dealkylation sites (N-methyl/N-ethyl adjacent to an activating group) is 1. The quantitative estimate of drug-likeness (QED) is 0.836. The Bertz CT molecular complexity index is 449. The Morgan fingerprint density at radius 3 is 3.00 bits per heavy atom. The van der Waals surface area contributed by atoms with Crippen LogP contribution in [-0.2, 0) is 13.0 Å². The molecule has 5 heteroatoms. The molecule has 0 saturated heterocycles. The summed E-state index contributed by atoms with van der Waals surface area (Å²) in [6.07, 6.45) is 3.63.